The van der Waals surface area contributed by atoms with Gasteiger partial charge in [0.1, 0.15) is 17.1 Å². The number of carbonyl (C=O) groups excluding carboxylic acids is 1. The number of halogens is 4. The Bertz CT molecular complexity index is 1050. The summed E-state index contributed by atoms with van der Waals surface area (Å²) in [5, 5.41) is -0.165. The predicted octanol–water partition coefficient (Wildman–Crippen LogP) is 0.472. The van der Waals surface area contributed by atoms with Crippen LogP contribution in [0.25, 0.3) is 11.0 Å². The van der Waals surface area contributed by atoms with Crippen molar-refractivity contribution in [2.45, 2.75) is 6.18 Å². The van der Waals surface area contributed by atoms with E-state index in [0.29, 0.717) is 0 Å². The van der Waals surface area contributed by atoms with Crippen molar-refractivity contribution in [3.63, 3.8) is 0 Å². The minimum Gasteiger partial charge on any atom is -1.00 e. The van der Waals surface area contributed by atoms with Gasteiger partial charge in [0.2, 0.25) is 11.2 Å². The molecule has 10 heteroatoms. The predicted molar refractivity (Wildman–Crippen MR) is 88.7 cm³/mol. The molecule has 0 bridgehead atoms. The molecule has 0 aliphatic heterocycles. The lowest BCUT2D eigenvalue weighted by atomic mass is 10.2. The smallest absolute Gasteiger partial charge is 0.453 e. The van der Waals surface area contributed by atoms with Crippen LogP contribution in [0.15, 0.2) is 57.7 Å². The largest absolute Gasteiger partial charge is 1.00 e. The highest BCUT2D eigenvalue weighted by Crippen LogP contribution is 2.38. The van der Waals surface area contributed by atoms with Gasteiger partial charge >= 0.3 is 12.1 Å². The number of nitrogens with two attached hydrogens (primary N) is 1. The Morgan fingerprint density at radius 3 is 2.36 bits per heavy atom. The highest BCUT2D eigenvalue weighted by molar-refractivity contribution is 5.81. The molecule has 0 atom stereocenters. The fraction of sp³-hybridized carbons (Fsp3) is 0.111. The number of alkyl halides is 3. The molecule has 28 heavy (non-hydrogen) atoms. The summed E-state index contributed by atoms with van der Waals surface area (Å²) in [7, 11) is 0. The second-order valence-electron chi connectivity index (χ2n) is 5.34. The number of benzene rings is 2. The number of rotatable bonds is 4. The lowest BCUT2D eigenvalue weighted by molar-refractivity contribution is -0.154. The van der Waals surface area contributed by atoms with Gasteiger partial charge in [0.15, 0.2) is 0 Å². The Kier molecular flexibility index (Phi) is 6.32. The third-order valence-corrected chi connectivity index (χ3v) is 3.44. The van der Waals surface area contributed by atoms with Gasteiger partial charge in [0, 0.05) is 6.07 Å². The summed E-state index contributed by atoms with van der Waals surface area (Å²) < 4.78 is 55.1. The first-order valence-electron chi connectivity index (χ1n) is 7.61. The molecule has 2 aromatic carbocycles. The average Bonchev–Trinajstić information content (AvgIpc) is 2.63. The van der Waals surface area contributed by atoms with E-state index in [4.69, 9.17) is 19.6 Å². The van der Waals surface area contributed by atoms with E-state index in [1.54, 1.807) is 18.2 Å². The van der Waals surface area contributed by atoms with Crippen LogP contribution in [-0.4, -0.2) is 12.5 Å². The Hall–Kier alpha value is -3.04. The Morgan fingerprint density at radius 1 is 1.07 bits per heavy atom. The van der Waals surface area contributed by atoms with Crippen molar-refractivity contribution in [3.05, 3.63) is 64.5 Å². The Morgan fingerprint density at radius 2 is 1.75 bits per heavy atom. The molecule has 3 rings (SSSR count). The number of para-hydroxylation sites is 1. The van der Waals surface area contributed by atoms with Gasteiger partial charge in [-0.15, -0.1) is 0 Å². The highest BCUT2D eigenvalue weighted by atomic mass is 35.5. The van der Waals surface area contributed by atoms with E-state index in [1.165, 1.54) is 24.3 Å². The van der Waals surface area contributed by atoms with E-state index in [2.05, 4.69) is 0 Å². The van der Waals surface area contributed by atoms with E-state index >= 15 is 0 Å². The SMILES string of the molecule is NCC(=O)Oc1ccc2c(=O)c(Oc3ccccc3)c(C(F)(F)F)oc2c1.[Cl-]. The van der Waals surface area contributed by atoms with Crippen LogP contribution in [0.3, 0.4) is 0 Å². The zero-order chi connectivity index (χ0) is 19.6. The van der Waals surface area contributed by atoms with Crippen LogP contribution in [0.5, 0.6) is 17.2 Å². The molecule has 1 aromatic heterocycles. The van der Waals surface area contributed by atoms with Crippen LogP contribution < -0.4 is 33.0 Å². The van der Waals surface area contributed by atoms with Gasteiger partial charge in [-0.25, -0.2) is 0 Å². The number of hydrogen-bond acceptors (Lipinski definition) is 6. The van der Waals surface area contributed by atoms with Crippen LogP contribution >= 0.6 is 0 Å². The van der Waals surface area contributed by atoms with Crippen molar-refractivity contribution in [2.24, 2.45) is 5.73 Å². The molecule has 0 fully saturated rings. The normalized spacial score (nSPS) is 11.0. The molecular formula is C18H12ClF3NO5-. The first-order chi connectivity index (χ1) is 12.8. The number of carbonyl (C=O) groups is 1. The quantitative estimate of drug-likeness (QED) is 0.493. The summed E-state index contributed by atoms with van der Waals surface area (Å²) in [6.07, 6.45) is -4.98. The molecule has 0 radical (unpaired) electrons. The fourth-order valence-corrected chi connectivity index (χ4v) is 2.28. The number of ether oxygens (including phenoxy) is 2. The van der Waals surface area contributed by atoms with E-state index in [1.807, 2.05) is 0 Å². The van der Waals surface area contributed by atoms with E-state index in [0.717, 1.165) is 6.07 Å². The van der Waals surface area contributed by atoms with Crippen LogP contribution in [-0.2, 0) is 11.0 Å². The fourth-order valence-electron chi connectivity index (χ4n) is 2.28. The summed E-state index contributed by atoms with van der Waals surface area (Å²) in [5.41, 5.74) is 3.70. The Labute approximate surface area is 162 Å². The molecule has 148 valence electrons. The molecular weight excluding hydrogens is 403 g/mol. The molecule has 0 saturated heterocycles. The number of fused-ring (bicyclic) bond motifs is 1. The summed E-state index contributed by atoms with van der Waals surface area (Å²) in [6, 6.07) is 11.0. The topological polar surface area (TPSA) is 91.8 Å². The summed E-state index contributed by atoms with van der Waals surface area (Å²) >= 11 is 0. The van der Waals surface area contributed by atoms with Crippen molar-refractivity contribution in [2.75, 3.05) is 6.54 Å². The van der Waals surface area contributed by atoms with Gasteiger partial charge in [-0.1, -0.05) is 18.2 Å². The van der Waals surface area contributed by atoms with Gasteiger partial charge in [0.25, 0.3) is 5.76 Å². The van der Waals surface area contributed by atoms with E-state index < -0.39 is 41.2 Å². The van der Waals surface area contributed by atoms with Gasteiger partial charge in [0.05, 0.1) is 11.9 Å². The maximum atomic E-state index is 13.4. The third-order valence-electron chi connectivity index (χ3n) is 3.44. The molecule has 6 nitrogen and oxygen atoms in total. The van der Waals surface area contributed by atoms with Crippen molar-refractivity contribution in [1.82, 2.24) is 0 Å². The van der Waals surface area contributed by atoms with Crippen LogP contribution in [0.1, 0.15) is 5.76 Å². The van der Waals surface area contributed by atoms with Gasteiger partial charge in [-0.3, -0.25) is 9.59 Å². The lowest BCUT2D eigenvalue weighted by Crippen LogP contribution is -3.00. The second-order valence-corrected chi connectivity index (χ2v) is 5.34. The molecule has 0 aliphatic rings. The number of esters is 1. The zero-order valence-electron chi connectivity index (χ0n) is 14.0. The molecule has 0 aliphatic carbocycles. The third kappa shape index (κ3) is 4.44. The molecule has 0 saturated carbocycles. The average molecular weight is 415 g/mol. The van der Waals surface area contributed by atoms with Gasteiger partial charge in [-0.05, 0) is 24.3 Å². The van der Waals surface area contributed by atoms with Crippen molar-refractivity contribution >= 4 is 16.9 Å². The van der Waals surface area contributed by atoms with E-state index in [-0.39, 0.29) is 29.3 Å². The number of hydrogen-bond donors (Lipinski definition) is 1. The van der Waals surface area contributed by atoms with Crippen molar-refractivity contribution < 1.29 is 44.3 Å². The minimum absolute atomic E-state index is 0. The van der Waals surface area contributed by atoms with E-state index in [9.17, 15) is 22.8 Å². The van der Waals surface area contributed by atoms with Crippen LogP contribution in [0, 0.1) is 0 Å². The zero-order valence-corrected chi connectivity index (χ0v) is 14.7. The van der Waals surface area contributed by atoms with Crippen LogP contribution in [0.4, 0.5) is 13.2 Å². The standard InChI is InChI=1S/C18H12F3NO5.ClH/c19-18(20,21)17-16(26-10-4-2-1-3-5-10)15(24)12-7-6-11(8-13(12)27-17)25-14(23)9-22;/h1-8H,9,22H2;1H/p-1. The highest BCUT2D eigenvalue weighted by Gasteiger charge is 2.40. The van der Waals surface area contributed by atoms with Gasteiger partial charge in [-0.2, -0.15) is 13.2 Å². The molecule has 2 N–H and O–H groups in total. The van der Waals surface area contributed by atoms with Gasteiger partial charge < -0.3 is 32.0 Å². The van der Waals surface area contributed by atoms with Crippen molar-refractivity contribution in [3.8, 4) is 17.2 Å². The minimum atomic E-state index is -4.98. The first kappa shape index (κ1) is 21.3. The monoisotopic (exact) mass is 414 g/mol. The molecule has 0 amide bonds. The molecule has 0 unspecified atom stereocenters. The molecule has 3 aromatic rings. The second kappa shape index (κ2) is 8.32. The Balaban J connectivity index is 0.00000280. The molecule has 0 spiro atoms. The first-order valence-corrected chi connectivity index (χ1v) is 7.61. The summed E-state index contributed by atoms with van der Waals surface area (Å²) in [4.78, 5) is 23.8. The molecule has 1 heterocycles. The van der Waals surface area contributed by atoms with Crippen LogP contribution in [0.2, 0.25) is 0 Å². The van der Waals surface area contributed by atoms with Crippen molar-refractivity contribution in [1.29, 1.82) is 0 Å². The summed E-state index contributed by atoms with van der Waals surface area (Å²) in [5.74, 6) is -3.43. The maximum Gasteiger partial charge on any atom is 0.453 e. The maximum absolute atomic E-state index is 13.4. The lowest BCUT2D eigenvalue weighted by Gasteiger charge is -2.13. The summed E-state index contributed by atoms with van der Waals surface area (Å²) in [6.45, 7) is -0.417.